The fourth-order valence-corrected chi connectivity index (χ4v) is 3.32. The normalized spacial score (nSPS) is 10.7. The van der Waals surface area contributed by atoms with Crippen molar-refractivity contribution < 1.29 is 17.9 Å². The maximum Gasteiger partial charge on any atom is 0.245 e. The third-order valence-electron chi connectivity index (χ3n) is 3.43. The van der Waals surface area contributed by atoms with Crippen molar-refractivity contribution >= 4 is 38.9 Å². The van der Waals surface area contributed by atoms with Crippen molar-refractivity contribution in [3.05, 3.63) is 53.1 Å². The fraction of sp³-hybridized carbons (Fsp3) is 0.176. The number of ether oxygens (including phenoxy) is 1. The molecule has 0 aliphatic heterocycles. The lowest BCUT2D eigenvalue weighted by Gasteiger charge is -2.22. The lowest BCUT2D eigenvalue weighted by Crippen LogP contribution is -2.37. The number of hydrogen-bond acceptors (Lipinski definition) is 5. The third-order valence-corrected chi connectivity index (χ3v) is 4.87. The summed E-state index contributed by atoms with van der Waals surface area (Å²) in [5.74, 6) is -0.207. The standard InChI is InChI=1S/C17H16ClN3O4S/c1-25-16-8-7-13(9-14(16)18)21(26(2,23)24)11-17(22)20-15-6-4-3-5-12(15)10-19/h3-9H,11H2,1-2H3,(H,20,22). The Morgan fingerprint density at radius 2 is 2.00 bits per heavy atom. The molecule has 0 saturated heterocycles. The van der Waals surface area contributed by atoms with Crippen LogP contribution < -0.4 is 14.4 Å². The predicted molar refractivity (Wildman–Crippen MR) is 100.0 cm³/mol. The second-order valence-corrected chi connectivity index (χ2v) is 7.61. The summed E-state index contributed by atoms with van der Waals surface area (Å²) in [7, 11) is -2.31. The van der Waals surface area contributed by atoms with E-state index in [9.17, 15) is 13.2 Å². The number of nitrogens with zero attached hydrogens (tertiary/aromatic N) is 2. The van der Waals surface area contributed by atoms with E-state index in [4.69, 9.17) is 21.6 Å². The Labute approximate surface area is 156 Å². The van der Waals surface area contributed by atoms with E-state index in [0.29, 0.717) is 11.4 Å². The number of carbonyl (C=O) groups excluding carboxylic acids is 1. The molecule has 0 saturated carbocycles. The van der Waals surface area contributed by atoms with Crippen molar-refractivity contribution in [3.8, 4) is 11.8 Å². The van der Waals surface area contributed by atoms with Crippen LogP contribution in [0.2, 0.25) is 5.02 Å². The molecule has 0 aliphatic rings. The number of nitriles is 1. The monoisotopic (exact) mass is 393 g/mol. The number of benzene rings is 2. The zero-order valence-corrected chi connectivity index (χ0v) is 15.6. The van der Waals surface area contributed by atoms with Gasteiger partial charge in [0.15, 0.2) is 0 Å². The third kappa shape index (κ3) is 4.65. The van der Waals surface area contributed by atoms with Gasteiger partial charge < -0.3 is 10.1 Å². The van der Waals surface area contributed by atoms with E-state index in [1.54, 1.807) is 24.3 Å². The lowest BCUT2D eigenvalue weighted by molar-refractivity contribution is -0.114. The van der Waals surface area contributed by atoms with E-state index in [2.05, 4.69) is 5.32 Å². The van der Waals surface area contributed by atoms with Gasteiger partial charge in [0.1, 0.15) is 18.4 Å². The number of rotatable bonds is 6. The number of amides is 1. The fourth-order valence-electron chi connectivity index (χ4n) is 2.22. The van der Waals surface area contributed by atoms with Gasteiger partial charge in [0.2, 0.25) is 15.9 Å². The molecule has 0 heterocycles. The number of sulfonamides is 1. The first-order valence-corrected chi connectivity index (χ1v) is 9.59. The Morgan fingerprint density at radius 3 is 2.58 bits per heavy atom. The molecule has 0 unspecified atom stereocenters. The van der Waals surface area contributed by atoms with Gasteiger partial charge in [0.05, 0.1) is 35.3 Å². The highest BCUT2D eigenvalue weighted by Gasteiger charge is 2.22. The molecule has 2 aromatic rings. The number of methoxy groups -OCH3 is 1. The van der Waals surface area contributed by atoms with Gasteiger partial charge in [-0.05, 0) is 30.3 Å². The molecule has 9 heteroatoms. The Morgan fingerprint density at radius 1 is 1.31 bits per heavy atom. The quantitative estimate of drug-likeness (QED) is 0.813. The zero-order valence-electron chi connectivity index (χ0n) is 14.1. The Bertz CT molecular complexity index is 970. The molecule has 2 rings (SSSR count). The van der Waals surface area contributed by atoms with Crippen molar-refractivity contribution in [1.29, 1.82) is 5.26 Å². The van der Waals surface area contributed by atoms with E-state index in [1.807, 2.05) is 6.07 Å². The van der Waals surface area contributed by atoms with Crippen LogP contribution in [0, 0.1) is 11.3 Å². The Hall–Kier alpha value is -2.76. The maximum atomic E-state index is 12.3. The van der Waals surface area contributed by atoms with E-state index in [1.165, 1.54) is 25.3 Å². The van der Waals surface area contributed by atoms with Gasteiger partial charge in [-0.15, -0.1) is 0 Å². The van der Waals surface area contributed by atoms with Crippen LogP contribution in [0.3, 0.4) is 0 Å². The first-order chi connectivity index (χ1) is 12.3. The number of anilines is 2. The van der Waals surface area contributed by atoms with Crippen LogP contribution in [0.5, 0.6) is 5.75 Å². The average Bonchev–Trinajstić information content (AvgIpc) is 2.59. The Balaban J connectivity index is 2.28. The molecule has 0 bridgehead atoms. The minimum atomic E-state index is -3.75. The largest absolute Gasteiger partial charge is 0.495 e. The van der Waals surface area contributed by atoms with E-state index < -0.39 is 22.5 Å². The summed E-state index contributed by atoms with van der Waals surface area (Å²) in [6.45, 7) is -0.471. The van der Waals surface area contributed by atoms with Gasteiger partial charge in [-0.25, -0.2) is 8.42 Å². The van der Waals surface area contributed by atoms with Crippen LogP contribution in [0.1, 0.15) is 5.56 Å². The van der Waals surface area contributed by atoms with Crippen molar-refractivity contribution in [2.45, 2.75) is 0 Å². The van der Waals surface area contributed by atoms with Gasteiger partial charge in [0.25, 0.3) is 0 Å². The maximum absolute atomic E-state index is 12.3. The molecule has 136 valence electrons. The number of para-hydroxylation sites is 1. The second kappa shape index (κ2) is 8.08. The van der Waals surface area contributed by atoms with Crippen LogP contribution in [0.4, 0.5) is 11.4 Å². The topological polar surface area (TPSA) is 99.5 Å². The molecule has 0 atom stereocenters. The van der Waals surface area contributed by atoms with Crippen molar-refractivity contribution in [3.63, 3.8) is 0 Å². The molecule has 0 fully saturated rings. The first-order valence-electron chi connectivity index (χ1n) is 7.36. The SMILES string of the molecule is COc1ccc(N(CC(=O)Nc2ccccc2C#N)S(C)(=O)=O)cc1Cl. The molecular weight excluding hydrogens is 378 g/mol. The number of carbonyl (C=O) groups is 1. The van der Waals surface area contributed by atoms with E-state index in [0.717, 1.165) is 10.6 Å². The van der Waals surface area contributed by atoms with E-state index >= 15 is 0 Å². The molecule has 1 N–H and O–H groups in total. The average molecular weight is 394 g/mol. The highest BCUT2D eigenvalue weighted by Crippen LogP contribution is 2.30. The van der Waals surface area contributed by atoms with Gasteiger partial charge in [0, 0.05) is 0 Å². The minimum absolute atomic E-state index is 0.217. The van der Waals surface area contributed by atoms with Gasteiger partial charge >= 0.3 is 0 Å². The highest BCUT2D eigenvalue weighted by atomic mass is 35.5. The van der Waals surface area contributed by atoms with Crippen LogP contribution in [-0.4, -0.2) is 34.2 Å². The summed E-state index contributed by atoms with van der Waals surface area (Å²) in [5, 5.41) is 11.8. The second-order valence-electron chi connectivity index (χ2n) is 5.29. The smallest absolute Gasteiger partial charge is 0.245 e. The molecule has 26 heavy (non-hydrogen) atoms. The summed E-state index contributed by atoms with van der Waals surface area (Å²) in [4.78, 5) is 12.3. The molecule has 0 aromatic heterocycles. The van der Waals surface area contributed by atoms with Crippen LogP contribution in [0.15, 0.2) is 42.5 Å². The summed E-state index contributed by atoms with van der Waals surface area (Å²) in [6, 6.07) is 12.8. The van der Waals surface area contributed by atoms with Crippen LogP contribution in [-0.2, 0) is 14.8 Å². The predicted octanol–water partition coefficient (Wildman–Crippen LogP) is 2.62. The van der Waals surface area contributed by atoms with Gasteiger partial charge in [-0.2, -0.15) is 5.26 Å². The van der Waals surface area contributed by atoms with Crippen LogP contribution >= 0.6 is 11.6 Å². The Kier molecular flexibility index (Phi) is 6.08. The molecule has 1 amide bonds. The molecule has 0 spiro atoms. The van der Waals surface area contributed by atoms with E-state index in [-0.39, 0.29) is 16.3 Å². The summed E-state index contributed by atoms with van der Waals surface area (Å²) in [6.07, 6.45) is 0.988. The van der Waals surface area contributed by atoms with Gasteiger partial charge in [-0.3, -0.25) is 9.10 Å². The van der Waals surface area contributed by atoms with Gasteiger partial charge in [-0.1, -0.05) is 23.7 Å². The summed E-state index contributed by atoms with van der Waals surface area (Å²) < 4.78 is 30.2. The lowest BCUT2D eigenvalue weighted by atomic mass is 10.2. The highest BCUT2D eigenvalue weighted by molar-refractivity contribution is 7.92. The first kappa shape index (κ1) is 19.6. The number of hydrogen-bond donors (Lipinski definition) is 1. The van der Waals surface area contributed by atoms with Crippen molar-refractivity contribution in [2.24, 2.45) is 0 Å². The number of halogens is 1. The van der Waals surface area contributed by atoms with Crippen molar-refractivity contribution in [1.82, 2.24) is 0 Å². The summed E-state index contributed by atoms with van der Waals surface area (Å²) in [5.41, 5.74) is 0.808. The summed E-state index contributed by atoms with van der Waals surface area (Å²) >= 11 is 6.05. The molecular formula is C17H16ClN3O4S. The molecule has 2 aromatic carbocycles. The molecule has 0 radical (unpaired) electrons. The molecule has 7 nitrogen and oxygen atoms in total. The number of nitrogens with one attached hydrogen (secondary N) is 1. The van der Waals surface area contributed by atoms with Crippen molar-refractivity contribution in [2.75, 3.05) is 29.5 Å². The minimum Gasteiger partial charge on any atom is -0.495 e. The zero-order chi connectivity index (χ0) is 19.3. The molecule has 0 aliphatic carbocycles. The van der Waals surface area contributed by atoms with Crippen LogP contribution in [0.25, 0.3) is 0 Å².